The van der Waals surface area contributed by atoms with Crippen LogP contribution in [0, 0.1) is 13.8 Å². The summed E-state index contributed by atoms with van der Waals surface area (Å²) < 4.78 is 0. The van der Waals surface area contributed by atoms with Gasteiger partial charge in [-0.1, -0.05) is 41.4 Å². The van der Waals surface area contributed by atoms with Crippen LogP contribution in [-0.2, 0) is 0 Å². The maximum atomic E-state index is 12.3. The minimum atomic E-state index is -0.109. The highest BCUT2D eigenvalue weighted by Crippen LogP contribution is 2.23. The molecule has 0 fully saturated rings. The molecule has 2 rings (SSSR count). The Balaban J connectivity index is 2.44. The quantitative estimate of drug-likeness (QED) is 0.719. The van der Waals surface area contributed by atoms with Crippen LogP contribution in [0.4, 0.5) is 0 Å². The van der Waals surface area contributed by atoms with Crippen LogP contribution in [-0.4, -0.2) is 5.78 Å². The third kappa shape index (κ3) is 2.58. The van der Waals surface area contributed by atoms with Crippen LogP contribution < -0.4 is 0 Å². The zero-order valence-electron chi connectivity index (χ0n) is 10.1. The number of rotatable bonds is 2. The Hall–Kier alpha value is -1.31. The summed E-state index contributed by atoms with van der Waals surface area (Å²) >= 11 is 12.1. The minimum Gasteiger partial charge on any atom is -0.289 e. The number of carbonyl (C=O) groups is 1. The molecule has 2 aromatic rings. The molecule has 0 amide bonds. The predicted molar refractivity (Wildman–Crippen MR) is 75.8 cm³/mol. The van der Waals surface area contributed by atoms with Crippen LogP contribution in [0.25, 0.3) is 0 Å². The lowest BCUT2D eigenvalue weighted by Crippen LogP contribution is -2.02. The molecule has 0 saturated heterocycles. The van der Waals surface area contributed by atoms with E-state index in [0.29, 0.717) is 21.2 Å². The maximum absolute atomic E-state index is 12.3. The van der Waals surface area contributed by atoms with E-state index in [4.69, 9.17) is 23.2 Å². The fourth-order valence-corrected chi connectivity index (χ4v) is 2.20. The van der Waals surface area contributed by atoms with Crippen molar-refractivity contribution in [1.82, 2.24) is 0 Å². The van der Waals surface area contributed by atoms with Crippen molar-refractivity contribution in [2.24, 2.45) is 0 Å². The summed E-state index contributed by atoms with van der Waals surface area (Å²) in [5.41, 5.74) is 3.03. The van der Waals surface area contributed by atoms with Crippen molar-refractivity contribution in [1.29, 1.82) is 0 Å². The Morgan fingerprint density at radius 1 is 0.944 bits per heavy atom. The zero-order chi connectivity index (χ0) is 13.3. The number of aryl methyl sites for hydroxylation is 2. The van der Waals surface area contributed by atoms with E-state index in [1.165, 1.54) is 0 Å². The first-order chi connectivity index (χ1) is 8.49. The average Bonchev–Trinajstić information content (AvgIpc) is 2.32. The standard InChI is InChI=1S/C15H12Cl2O/c1-9-3-6-12(14(17)7-9)15(18)11-5-4-10(2)13(16)8-11/h3-8H,1-2H3. The third-order valence-electron chi connectivity index (χ3n) is 2.80. The van der Waals surface area contributed by atoms with Gasteiger partial charge >= 0.3 is 0 Å². The Labute approximate surface area is 116 Å². The van der Waals surface area contributed by atoms with Crippen LogP contribution in [0.1, 0.15) is 27.0 Å². The van der Waals surface area contributed by atoms with E-state index in [0.717, 1.165) is 11.1 Å². The van der Waals surface area contributed by atoms with Crippen LogP contribution >= 0.6 is 23.2 Å². The van der Waals surface area contributed by atoms with Crippen molar-refractivity contribution >= 4 is 29.0 Å². The molecule has 0 aliphatic heterocycles. The van der Waals surface area contributed by atoms with E-state index in [1.807, 2.05) is 26.0 Å². The first-order valence-corrected chi connectivity index (χ1v) is 6.31. The molecule has 0 saturated carbocycles. The predicted octanol–water partition coefficient (Wildman–Crippen LogP) is 4.84. The van der Waals surface area contributed by atoms with Gasteiger partial charge in [-0.05, 0) is 43.2 Å². The second-order valence-electron chi connectivity index (χ2n) is 4.28. The van der Waals surface area contributed by atoms with Gasteiger partial charge in [-0.25, -0.2) is 0 Å². The fourth-order valence-electron chi connectivity index (χ4n) is 1.69. The van der Waals surface area contributed by atoms with Gasteiger partial charge < -0.3 is 0 Å². The van der Waals surface area contributed by atoms with E-state index in [2.05, 4.69) is 0 Å². The number of ketones is 1. The molecule has 0 heterocycles. The van der Waals surface area contributed by atoms with E-state index in [1.54, 1.807) is 24.3 Å². The van der Waals surface area contributed by atoms with Gasteiger partial charge in [-0.2, -0.15) is 0 Å². The summed E-state index contributed by atoms with van der Waals surface area (Å²) in [6.07, 6.45) is 0. The van der Waals surface area contributed by atoms with Crippen LogP contribution in [0.15, 0.2) is 36.4 Å². The zero-order valence-corrected chi connectivity index (χ0v) is 11.6. The molecular formula is C15H12Cl2O. The first kappa shape index (κ1) is 13.1. The van der Waals surface area contributed by atoms with Gasteiger partial charge in [0.25, 0.3) is 0 Å². The molecule has 0 aliphatic rings. The summed E-state index contributed by atoms with van der Waals surface area (Å²) in [6, 6.07) is 10.7. The third-order valence-corrected chi connectivity index (χ3v) is 3.52. The smallest absolute Gasteiger partial charge is 0.194 e. The largest absolute Gasteiger partial charge is 0.289 e. The van der Waals surface area contributed by atoms with E-state index in [-0.39, 0.29) is 5.78 Å². The van der Waals surface area contributed by atoms with Crippen LogP contribution in [0.3, 0.4) is 0 Å². The summed E-state index contributed by atoms with van der Waals surface area (Å²) in [6.45, 7) is 3.83. The molecule has 0 unspecified atom stereocenters. The molecule has 0 bridgehead atoms. The van der Waals surface area contributed by atoms with E-state index >= 15 is 0 Å². The van der Waals surface area contributed by atoms with Crippen molar-refractivity contribution in [2.45, 2.75) is 13.8 Å². The van der Waals surface area contributed by atoms with Crippen molar-refractivity contribution in [3.05, 3.63) is 68.7 Å². The van der Waals surface area contributed by atoms with Gasteiger partial charge in [0.1, 0.15) is 0 Å². The van der Waals surface area contributed by atoms with E-state index < -0.39 is 0 Å². The summed E-state index contributed by atoms with van der Waals surface area (Å²) in [5.74, 6) is -0.109. The number of hydrogen-bond acceptors (Lipinski definition) is 1. The SMILES string of the molecule is Cc1ccc(C(=O)c2ccc(C)c(Cl)c2)c(Cl)c1. The van der Waals surface area contributed by atoms with Gasteiger partial charge in [0.2, 0.25) is 0 Å². The van der Waals surface area contributed by atoms with Crippen molar-refractivity contribution in [2.75, 3.05) is 0 Å². The van der Waals surface area contributed by atoms with Gasteiger partial charge in [-0.15, -0.1) is 0 Å². The molecule has 92 valence electrons. The molecule has 0 aliphatic carbocycles. The molecule has 0 spiro atoms. The number of halogens is 2. The van der Waals surface area contributed by atoms with Crippen LogP contribution in [0.5, 0.6) is 0 Å². The lowest BCUT2D eigenvalue weighted by Gasteiger charge is -2.06. The summed E-state index contributed by atoms with van der Waals surface area (Å²) in [7, 11) is 0. The summed E-state index contributed by atoms with van der Waals surface area (Å²) in [4.78, 5) is 12.3. The van der Waals surface area contributed by atoms with Gasteiger partial charge in [0.15, 0.2) is 5.78 Å². The van der Waals surface area contributed by atoms with Gasteiger partial charge in [0.05, 0.1) is 5.02 Å². The normalized spacial score (nSPS) is 10.4. The molecular weight excluding hydrogens is 267 g/mol. The number of carbonyl (C=O) groups excluding carboxylic acids is 1. The maximum Gasteiger partial charge on any atom is 0.194 e. The van der Waals surface area contributed by atoms with Crippen LogP contribution in [0.2, 0.25) is 10.0 Å². The molecule has 18 heavy (non-hydrogen) atoms. The lowest BCUT2D eigenvalue weighted by atomic mass is 10.0. The summed E-state index contributed by atoms with van der Waals surface area (Å²) in [5, 5.41) is 1.06. The molecule has 0 aromatic heterocycles. The van der Waals surface area contributed by atoms with Crippen molar-refractivity contribution in [3.8, 4) is 0 Å². The topological polar surface area (TPSA) is 17.1 Å². The molecule has 2 aromatic carbocycles. The second-order valence-corrected chi connectivity index (χ2v) is 5.09. The Bertz CT molecular complexity index is 618. The molecule has 1 nitrogen and oxygen atoms in total. The Kier molecular flexibility index (Phi) is 3.74. The van der Waals surface area contributed by atoms with Crippen molar-refractivity contribution < 1.29 is 4.79 Å². The Morgan fingerprint density at radius 2 is 1.67 bits per heavy atom. The highest BCUT2D eigenvalue weighted by molar-refractivity contribution is 6.35. The molecule has 3 heteroatoms. The average molecular weight is 279 g/mol. The molecule has 0 N–H and O–H groups in total. The first-order valence-electron chi connectivity index (χ1n) is 5.56. The lowest BCUT2D eigenvalue weighted by molar-refractivity contribution is 0.103. The molecule has 0 atom stereocenters. The second kappa shape index (κ2) is 5.13. The molecule has 0 radical (unpaired) electrons. The number of benzene rings is 2. The minimum absolute atomic E-state index is 0.109. The van der Waals surface area contributed by atoms with Gasteiger partial charge in [-0.3, -0.25) is 4.79 Å². The number of hydrogen-bond donors (Lipinski definition) is 0. The monoisotopic (exact) mass is 278 g/mol. The fraction of sp³-hybridized carbons (Fsp3) is 0.133. The highest BCUT2D eigenvalue weighted by atomic mass is 35.5. The Morgan fingerprint density at radius 3 is 2.28 bits per heavy atom. The van der Waals surface area contributed by atoms with Gasteiger partial charge in [0, 0.05) is 16.1 Å². The van der Waals surface area contributed by atoms with Crippen molar-refractivity contribution in [3.63, 3.8) is 0 Å². The highest BCUT2D eigenvalue weighted by Gasteiger charge is 2.13. The van der Waals surface area contributed by atoms with E-state index in [9.17, 15) is 4.79 Å².